The van der Waals surface area contributed by atoms with Gasteiger partial charge < -0.3 is 19.9 Å². The van der Waals surface area contributed by atoms with Crippen molar-refractivity contribution in [2.45, 2.75) is 31.9 Å². The van der Waals surface area contributed by atoms with Crippen LogP contribution in [0.25, 0.3) is 11.2 Å². The van der Waals surface area contributed by atoms with E-state index in [1.165, 1.54) is 6.33 Å². The largest absolute Gasteiger partial charge is 0.381 e. The molecule has 0 radical (unpaired) electrons. The standard InChI is InChI=1S/C17H23N9O2/c1-11(2)26-6-12(22-23-26)17(28)4-5-25(8-17)13(27)7-24(3)16-14-15(19-9-18-14)20-10-21-16/h6,9-11,28H,4-5,7-8H2,1-3H3,(H,18,19,20,21)/t17-/m1/s1. The molecule has 0 aromatic carbocycles. The minimum Gasteiger partial charge on any atom is -0.381 e. The molecule has 11 heteroatoms. The highest BCUT2D eigenvalue weighted by molar-refractivity contribution is 5.87. The molecule has 4 heterocycles. The minimum atomic E-state index is -1.17. The molecule has 1 fully saturated rings. The molecule has 0 aliphatic carbocycles. The molecule has 0 unspecified atom stereocenters. The zero-order chi connectivity index (χ0) is 19.9. The zero-order valence-corrected chi connectivity index (χ0v) is 16.1. The summed E-state index contributed by atoms with van der Waals surface area (Å²) in [5.74, 6) is 0.506. The summed E-state index contributed by atoms with van der Waals surface area (Å²) < 4.78 is 1.70. The Balaban J connectivity index is 1.45. The maximum Gasteiger partial charge on any atom is 0.242 e. The zero-order valence-electron chi connectivity index (χ0n) is 16.1. The van der Waals surface area contributed by atoms with Gasteiger partial charge in [-0.1, -0.05) is 5.21 Å². The van der Waals surface area contributed by atoms with Gasteiger partial charge in [0.05, 0.1) is 25.6 Å². The first-order valence-corrected chi connectivity index (χ1v) is 9.15. The number of nitrogens with zero attached hydrogens (tertiary/aromatic N) is 8. The van der Waals surface area contributed by atoms with Crippen LogP contribution in [0.5, 0.6) is 0 Å². The number of nitrogens with one attached hydrogen (secondary N) is 1. The number of aromatic amines is 1. The Labute approximate surface area is 161 Å². The molecule has 3 aromatic heterocycles. The predicted octanol–water partition coefficient (Wildman–Crippen LogP) is 0.0816. The molecule has 3 aromatic rings. The molecule has 28 heavy (non-hydrogen) atoms. The molecule has 1 amide bonds. The summed E-state index contributed by atoms with van der Waals surface area (Å²) in [7, 11) is 1.79. The van der Waals surface area contributed by atoms with Crippen molar-refractivity contribution in [2.75, 3.05) is 31.6 Å². The van der Waals surface area contributed by atoms with Gasteiger partial charge in [0.1, 0.15) is 23.1 Å². The summed E-state index contributed by atoms with van der Waals surface area (Å²) in [5, 5.41) is 19.2. The first-order chi connectivity index (χ1) is 13.4. The number of H-pyrrole nitrogens is 1. The van der Waals surface area contributed by atoms with E-state index in [1.807, 2.05) is 13.8 Å². The number of likely N-dealkylation sites (tertiary alicyclic amines) is 1. The van der Waals surface area contributed by atoms with Crippen molar-refractivity contribution in [1.82, 2.24) is 39.8 Å². The number of carbonyl (C=O) groups is 1. The van der Waals surface area contributed by atoms with Gasteiger partial charge in [-0.2, -0.15) is 0 Å². The van der Waals surface area contributed by atoms with Crippen molar-refractivity contribution < 1.29 is 9.90 Å². The Bertz CT molecular complexity index is 997. The number of likely N-dealkylation sites (N-methyl/N-ethyl adjacent to an activating group) is 1. The lowest BCUT2D eigenvalue weighted by Crippen LogP contribution is -2.40. The maximum absolute atomic E-state index is 12.8. The van der Waals surface area contributed by atoms with Crippen molar-refractivity contribution in [3.05, 3.63) is 24.5 Å². The summed E-state index contributed by atoms with van der Waals surface area (Å²) in [6.45, 7) is 4.76. The average Bonchev–Trinajstić information content (AvgIpc) is 3.40. The molecule has 1 saturated heterocycles. The smallest absolute Gasteiger partial charge is 0.242 e. The Morgan fingerprint density at radius 1 is 1.39 bits per heavy atom. The van der Waals surface area contributed by atoms with Gasteiger partial charge in [-0.25, -0.2) is 19.6 Å². The van der Waals surface area contributed by atoms with Crippen molar-refractivity contribution in [1.29, 1.82) is 0 Å². The van der Waals surface area contributed by atoms with E-state index in [-0.39, 0.29) is 25.0 Å². The van der Waals surface area contributed by atoms with Crippen LogP contribution in [-0.2, 0) is 10.4 Å². The van der Waals surface area contributed by atoms with Crippen LogP contribution in [0.4, 0.5) is 5.82 Å². The fourth-order valence-corrected chi connectivity index (χ4v) is 3.38. The minimum absolute atomic E-state index is 0.0963. The van der Waals surface area contributed by atoms with Crippen LogP contribution >= 0.6 is 0 Å². The molecule has 0 bridgehead atoms. The molecule has 1 atom stereocenters. The summed E-state index contributed by atoms with van der Waals surface area (Å²) in [6, 6.07) is 0.157. The Morgan fingerprint density at radius 3 is 2.96 bits per heavy atom. The lowest BCUT2D eigenvalue weighted by molar-refractivity contribution is -0.129. The molecular weight excluding hydrogens is 362 g/mol. The third kappa shape index (κ3) is 3.17. The number of fused-ring (bicyclic) bond motifs is 1. The topological polar surface area (TPSA) is 129 Å². The Kier molecular flexibility index (Phi) is 4.46. The molecule has 1 aliphatic heterocycles. The van der Waals surface area contributed by atoms with Crippen LogP contribution in [0, 0.1) is 0 Å². The predicted molar refractivity (Wildman–Crippen MR) is 100 cm³/mol. The Morgan fingerprint density at radius 2 is 2.21 bits per heavy atom. The second kappa shape index (κ2) is 6.82. The first kappa shape index (κ1) is 18.3. The van der Waals surface area contributed by atoms with E-state index < -0.39 is 5.60 Å². The number of hydrogen-bond donors (Lipinski definition) is 2. The first-order valence-electron chi connectivity index (χ1n) is 9.15. The number of aromatic nitrogens is 7. The highest BCUT2D eigenvalue weighted by Gasteiger charge is 2.42. The molecular formula is C17H23N9O2. The number of imidazole rings is 1. The summed E-state index contributed by atoms with van der Waals surface area (Å²) in [6.07, 6.45) is 5.15. The second-order valence-electron chi connectivity index (χ2n) is 7.43. The fourth-order valence-electron chi connectivity index (χ4n) is 3.38. The van der Waals surface area contributed by atoms with E-state index in [4.69, 9.17) is 0 Å². The fraction of sp³-hybridized carbons (Fsp3) is 0.529. The molecule has 0 spiro atoms. The molecule has 1 aliphatic rings. The highest BCUT2D eigenvalue weighted by atomic mass is 16.3. The van der Waals surface area contributed by atoms with E-state index in [9.17, 15) is 9.90 Å². The third-order valence-corrected chi connectivity index (χ3v) is 5.05. The monoisotopic (exact) mass is 385 g/mol. The van der Waals surface area contributed by atoms with Crippen molar-refractivity contribution >= 4 is 22.9 Å². The molecule has 0 saturated carbocycles. The van der Waals surface area contributed by atoms with Crippen molar-refractivity contribution in [3.8, 4) is 0 Å². The number of anilines is 1. The van der Waals surface area contributed by atoms with Crippen LogP contribution < -0.4 is 4.90 Å². The van der Waals surface area contributed by atoms with Crippen LogP contribution in [0.3, 0.4) is 0 Å². The van der Waals surface area contributed by atoms with Gasteiger partial charge in [0.15, 0.2) is 11.5 Å². The summed E-state index contributed by atoms with van der Waals surface area (Å²) >= 11 is 0. The van der Waals surface area contributed by atoms with E-state index in [0.717, 1.165) is 0 Å². The van der Waals surface area contributed by atoms with Crippen LogP contribution in [0.15, 0.2) is 18.9 Å². The lowest BCUT2D eigenvalue weighted by Gasteiger charge is -2.24. The number of rotatable bonds is 5. The number of aliphatic hydroxyl groups is 1. The molecule has 11 nitrogen and oxygen atoms in total. The molecule has 2 N–H and O–H groups in total. The van der Waals surface area contributed by atoms with Gasteiger partial charge in [0, 0.05) is 26.1 Å². The number of amides is 1. The SMILES string of the molecule is CC(C)n1cc([C@@]2(O)CCN(C(=O)CN(C)c3ncnc4nc[nH]c34)C2)nn1. The van der Waals surface area contributed by atoms with Gasteiger partial charge in [-0.3, -0.25) is 4.79 Å². The number of carbonyl (C=O) groups excluding carboxylic acids is 1. The van der Waals surface area contributed by atoms with Crippen LogP contribution in [0.1, 0.15) is 32.0 Å². The summed E-state index contributed by atoms with van der Waals surface area (Å²) in [4.78, 5) is 31.6. The van der Waals surface area contributed by atoms with E-state index in [2.05, 4.69) is 30.2 Å². The van der Waals surface area contributed by atoms with Gasteiger partial charge in [0.2, 0.25) is 5.91 Å². The normalized spacial score (nSPS) is 19.7. The molecule has 148 valence electrons. The van der Waals surface area contributed by atoms with Crippen molar-refractivity contribution in [3.63, 3.8) is 0 Å². The number of β-amino-alcohol motifs (C(OH)–C–C–N with tert-alkyl or cyclic N) is 1. The van der Waals surface area contributed by atoms with Gasteiger partial charge in [-0.15, -0.1) is 5.10 Å². The van der Waals surface area contributed by atoms with Gasteiger partial charge >= 0.3 is 0 Å². The third-order valence-electron chi connectivity index (χ3n) is 5.05. The number of hydrogen-bond acceptors (Lipinski definition) is 8. The Hall–Kier alpha value is -3.08. The van der Waals surface area contributed by atoms with Crippen LogP contribution in [-0.4, -0.2) is 77.5 Å². The van der Waals surface area contributed by atoms with Crippen molar-refractivity contribution in [2.24, 2.45) is 0 Å². The summed E-state index contributed by atoms with van der Waals surface area (Å²) in [5.41, 5.74) is 0.557. The highest BCUT2D eigenvalue weighted by Crippen LogP contribution is 2.31. The van der Waals surface area contributed by atoms with Gasteiger partial charge in [-0.05, 0) is 13.8 Å². The van der Waals surface area contributed by atoms with Gasteiger partial charge in [0.25, 0.3) is 0 Å². The average molecular weight is 385 g/mol. The maximum atomic E-state index is 12.8. The van der Waals surface area contributed by atoms with E-state index in [0.29, 0.717) is 35.6 Å². The van der Waals surface area contributed by atoms with E-state index >= 15 is 0 Å². The quantitative estimate of drug-likeness (QED) is 0.632. The molecule has 4 rings (SSSR count). The van der Waals surface area contributed by atoms with Crippen LogP contribution in [0.2, 0.25) is 0 Å². The lowest BCUT2D eigenvalue weighted by atomic mass is 10.00. The van der Waals surface area contributed by atoms with E-state index in [1.54, 1.807) is 34.1 Å². The second-order valence-corrected chi connectivity index (χ2v) is 7.43.